The number of nitrogens with one attached hydrogen (secondary N) is 1. The quantitative estimate of drug-likeness (QED) is 0.158. The van der Waals surface area contributed by atoms with Crippen molar-refractivity contribution in [2.45, 2.75) is 122 Å². The molecule has 206 valence electrons. The summed E-state index contributed by atoms with van der Waals surface area (Å²) in [6.07, 6.45) is 18.9. The Kier molecular flexibility index (Phi) is 18.6. The molecule has 0 radical (unpaired) electrons. The van der Waals surface area contributed by atoms with Gasteiger partial charge in [0.15, 0.2) is 5.78 Å². The standard InChI is InChI=1S/C27H50N6O3/c1-33(26(35)19-21-30-27(36)24(28)18-14-15-20-31-32-29)22-25(34)23-16-12-10-8-6-4-2-3-5-7-9-11-13-17-23/h23-24H,2-22,28H2,1H3,(H,30,36)/t24-/m0/s1. The van der Waals surface area contributed by atoms with Gasteiger partial charge >= 0.3 is 0 Å². The molecule has 1 rings (SSSR count). The number of hydrogen-bond donors (Lipinski definition) is 2. The molecular formula is C27H50N6O3. The fourth-order valence-corrected chi connectivity index (χ4v) is 4.80. The van der Waals surface area contributed by atoms with Gasteiger partial charge in [-0.2, -0.15) is 0 Å². The van der Waals surface area contributed by atoms with E-state index in [9.17, 15) is 14.4 Å². The maximum absolute atomic E-state index is 13.0. The highest BCUT2D eigenvalue weighted by molar-refractivity contribution is 5.88. The number of amides is 2. The molecule has 0 aromatic rings. The monoisotopic (exact) mass is 506 g/mol. The van der Waals surface area contributed by atoms with Crippen LogP contribution in [-0.4, -0.2) is 55.2 Å². The zero-order valence-corrected chi connectivity index (χ0v) is 22.6. The normalized spacial score (nSPS) is 17.6. The van der Waals surface area contributed by atoms with E-state index in [0.717, 1.165) is 25.7 Å². The summed E-state index contributed by atoms with van der Waals surface area (Å²) in [6.45, 7) is 0.736. The summed E-state index contributed by atoms with van der Waals surface area (Å²) in [7, 11) is 1.67. The highest BCUT2D eigenvalue weighted by Gasteiger charge is 2.21. The van der Waals surface area contributed by atoms with E-state index in [-0.39, 0.29) is 43.0 Å². The number of carbonyl (C=O) groups is 3. The molecule has 1 aliphatic rings. The molecule has 9 nitrogen and oxygen atoms in total. The number of nitrogens with two attached hydrogens (primary N) is 1. The van der Waals surface area contributed by atoms with Crippen LogP contribution < -0.4 is 11.1 Å². The van der Waals surface area contributed by atoms with Gasteiger partial charge in [0.05, 0.1) is 12.6 Å². The molecule has 1 saturated carbocycles. The zero-order chi connectivity index (χ0) is 26.4. The molecule has 36 heavy (non-hydrogen) atoms. The van der Waals surface area contributed by atoms with Crippen molar-refractivity contribution in [3.05, 3.63) is 10.4 Å². The third kappa shape index (κ3) is 15.8. The molecule has 1 fully saturated rings. The van der Waals surface area contributed by atoms with Crippen LogP contribution >= 0.6 is 0 Å². The summed E-state index contributed by atoms with van der Waals surface area (Å²) in [6, 6.07) is -0.648. The molecule has 9 heteroatoms. The summed E-state index contributed by atoms with van der Waals surface area (Å²) in [5.74, 6) is -0.228. The minimum atomic E-state index is -0.648. The van der Waals surface area contributed by atoms with Gasteiger partial charge in [0.25, 0.3) is 0 Å². The minimum Gasteiger partial charge on any atom is -0.354 e. The van der Waals surface area contributed by atoms with Crippen molar-refractivity contribution in [1.82, 2.24) is 10.2 Å². The largest absolute Gasteiger partial charge is 0.354 e. The van der Waals surface area contributed by atoms with E-state index < -0.39 is 6.04 Å². The van der Waals surface area contributed by atoms with Crippen LogP contribution in [0.15, 0.2) is 5.11 Å². The highest BCUT2D eigenvalue weighted by atomic mass is 16.2. The number of likely N-dealkylation sites (N-methyl/N-ethyl adjacent to an activating group) is 1. The lowest BCUT2D eigenvalue weighted by Gasteiger charge is -2.21. The van der Waals surface area contributed by atoms with Crippen LogP contribution in [0.2, 0.25) is 0 Å². The van der Waals surface area contributed by atoms with Gasteiger partial charge in [0.2, 0.25) is 11.8 Å². The van der Waals surface area contributed by atoms with E-state index in [1.54, 1.807) is 7.05 Å². The first kappa shape index (κ1) is 31.9. The topological polar surface area (TPSA) is 141 Å². The van der Waals surface area contributed by atoms with E-state index in [2.05, 4.69) is 15.3 Å². The van der Waals surface area contributed by atoms with E-state index in [1.165, 1.54) is 69.1 Å². The lowest BCUT2D eigenvalue weighted by molar-refractivity contribution is -0.135. The van der Waals surface area contributed by atoms with Gasteiger partial charge in [-0.1, -0.05) is 88.6 Å². The molecule has 3 N–H and O–H groups in total. The molecule has 0 bridgehead atoms. The van der Waals surface area contributed by atoms with Gasteiger partial charge in [0, 0.05) is 37.4 Å². The lowest BCUT2D eigenvalue weighted by Crippen LogP contribution is -2.42. The van der Waals surface area contributed by atoms with Crippen molar-refractivity contribution in [1.29, 1.82) is 0 Å². The second kappa shape index (κ2) is 21.0. The van der Waals surface area contributed by atoms with Crippen LogP contribution in [0.25, 0.3) is 10.4 Å². The SMILES string of the molecule is CN(CC(=O)C1CCCCCCCCCCCCCC1)C(=O)CCNC(=O)[C@@H](N)CCCCN=[N+]=[N-]. The van der Waals surface area contributed by atoms with Gasteiger partial charge in [-0.05, 0) is 31.2 Å². The maximum atomic E-state index is 13.0. The van der Waals surface area contributed by atoms with Crippen molar-refractivity contribution < 1.29 is 14.4 Å². The van der Waals surface area contributed by atoms with Crippen LogP contribution in [-0.2, 0) is 14.4 Å². The fourth-order valence-electron chi connectivity index (χ4n) is 4.80. The zero-order valence-electron chi connectivity index (χ0n) is 22.6. The first-order valence-electron chi connectivity index (χ1n) is 14.3. The Hall–Kier alpha value is -2.12. The Balaban J connectivity index is 2.37. The molecule has 0 aliphatic heterocycles. The Morgan fingerprint density at radius 1 is 0.944 bits per heavy atom. The van der Waals surface area contributed by atoms with Gasteiger partial charge < -0.3 is 16.0 Å². The van der Waals surface area contributed by atoms with Gasteiger partial charge in [-0.3, -0.25) is 14.4 Å². The van der Waals surface area contributed by atoms with Crippen LogP contribution in [0.5, 0.6) is 0 Å². The number of nitrogens with zero attached hydrogens (tertiary/aromatic N) is 4. The molecular weight excluding hydrogens is 456 g/mol. The number of rotatable bonds is 12. The van der Waals surface area contributed by atoms with E-state index in [4.69, 9.17) is 11.3 Å². The number of azide groups is 1. The van der Waals surface area contributed by atoms with Crippen LogP contribution in [0.1, 0.15) is 116 Å². The number of Topliss-reactive ketones (excluding diaryl/α,β-unsaturated/α-hetero) is 1. The fraction of sp³-hybridized carbons (Fsp3) is 0.889. The first-order valence-corrected chi connectivity index (χ1v) is 14.3. The summed E-state index contributed by atoms with van der Waals surface area (Å²) in [5, 5.41) is 6.17. The Morgan fingerprint density at radius 3 is 2.00 bits per heavy atom. The number of unbranched alkanes of at least 4 members (excludes halogenated alkanes) is 1. The summed E-state index contributed by atoms with van der Waals surface area (Å²) >= 11 is 0. The number of ketones is 1. The van der Waals surface area contributed by atoms with Crippen molar-refractivity contribution in [3.63, 3.8) is 0 Å². The second-order valence-electron chi connectivity index (χ2n) is 10.3. The second-order valence-corrected chi connectivity index (χ2v) is 10.3. The smallest absolute Gasteiger partial charge is 0.236 e. The van der Waals surface area contributed by atoms with Gasteiger partial charge in [-0.15, -0.1) is 0 Å². The van der Waals surface area contributed by atoms with E-state index in [0.29, 0.717) is 25.8 Å². The van der Waals surface area contributed by atoms with Crippen LogP contribution in [0, 0.1) is 5.92 Å². The third-order valence-corrected chi connectivity index (χ3v) is 7.19. The van der Waals surface area contributed by atoms with Gasteiger partial charge in [0.1, 0.15) is 0 Å². The average Bonchev–Trinajstić information content (AvgIpc) is 2.87. The molecule has 0 aromatic carbocycles. The van der Waals surface area contributed by atoms with Crippen molar-refractivity contribution in [2.75, 3.05) is 26.7 Å². The summed E-state index contributed by atoms with van der Waals surface area (Å²) < 4.78 is 0. The molecule has 0 spiro atoms. The molecule has 1 aliphatic carbocycles. The van der Waals surface area contributed by atoms with E-state index >= 15 is 0 Å². The maximum Gasteiger partial charge on any atom is 0.236 e. The predicted molar refractivity (Wildman–Crippen MR) is 144 cm³/mol. The van der Waals surface area contributed by atoms with Crippen LogP contribution in [0.4, 0.5) is 0 Å². The van der Waals surface area contributed by atoms with Crippen molar-refractivity contribution in [2.24, 2.45) is 16.8 Å². The average molecular weight is 507 g/mol. The molecule has 1 atom stereocenters. The van der Waals surface area contributed by atoms with Crippen LogP contribution in [0.3, 0.4) is 0 Å². The minimum absolute atomic E-state index is 0.0435. The Morgan fingerprint density at radius 2 is 1.47 bits per heavy atom. The third-order valence-electron chi connectivity index (χ3n) is 7.19. The molecule has 2 amide bonds. The number of hydrogen-bond acceptors (Lipinski definition) is 5. The Bertz CT molecular complexity index is 664. The first-order chi connectivity index (χ1) is 17.5. The summed E-state index contributed by atoms with van der Waals surface area (Å²) in [4.78, 5) is 41.9. The molecule has 0 heterocycles. The lowest BCUT2D eigenvalue weighted by atomic mass is 9.90. The predicted octanol–water partition coefficient (Wildman–Crippen LogP) is 5.42. The summed E-state index contributed by atoms with van der Waals surface area (Å²) in [5.41, 5.74) is 14.2. The van der Waals surface area contributed by atoms with Crippen molar-refractivity contribution >= 4 is 17.6 Å². The van der Waals surface area contributed by atoms with E-state index in [1.807, 2.05) is 0 Å². The molecule has 0 saturated heterocycles. The molecule has 0 unspecified atom stereocenters. The Labute approximate surface area is 217 Å². The van der Waals surface area contributed by atoms with Crippen molar-refractivity contribution in [3.8, 4) is 0 Å². The number of carbonyl (C=O) groups excluding carboxylic acids is 3. The molecule has 0 aromatic heterocycles. The highest BCUT2D eigenvalue weighted by Crippen LogP contribution is 2.22. The van der Waals surface area contributed by atoms with Gasteiger partial charge in [-0.25, -0.2) is 0 Å².